The van der Waals surface area contributed by atoms with Crippen molar-refractivity contribution in [2.24, 2.45) is 40.4 Å². The zero-order valence-corrected chi connectivity index (χ0v) is 14.7. The number of fused-ring (bicyclic) bond motifs is 5. The molecule has 4 saturated carbocycles. The van der Waals surface area contributed by atoms with Gasteiger partial charge in [-0.15, -0.1) is 0 Å². The molecular formula is C20H30F2O. The van der Waals surface area contributed by atoms with Crippen molar-refractivity contribution in [3.05, 3.63) is 0 Å². The minimum atomic E-state index is -3.08. The highest BCUT2D eigenvalue weighted by Crippen LogP contribution is 2.67. The topological polar surface area (TPSA) is 17.1 Å². The maximum absolute atomic E-state index is 14.2. The van der Waals surface area contributed by atoms with Crippen LogP contribution >= 0.6 is 0 Å². The summed E-state index contributed by atoms with van der Waals surface area (Å²) in [6, 6.07) is 0. The van der Waals surface area contributed by atoms with Crippen molar-refractivity contribution in [2.75, 3.05) is 0 Å². The Balaban J connectivity index is 1.66. The number of alkyl halides is 2. The summed E-state index contributed by atoms with van der Waals surface area (Å²) in [6.45, 7) is 6.65. The van der Waals surface area contributed by atoms with E-state index in [0.29, 0.717) is 23.7 Å². The molecule has 0 heterocycles. The third kappa shape index (κ3) is 2.03. The summed E-state index contributed by atoms with van der Waals surface area (Å²) < 4.78 is 28.3. The Hall–Kier alpha value is -0.470. The molecule has 3 heteroatoms. The largest absolute Gasteiger partial charge is 0.306 e. The van der Waals surface area contributed by atoms with E-state index in [2.05, 4.69) is 13.8 Å². The number of ketones is 1. The number of halogens is 2. The van der Waals surface area contributed by atoms with E-state index < -0.39 is 17.1 Å². The van der Waals surface area contributed by atoms with Gasteiger partial charge in [-0.2, -0.15) is 8.78 Å². The molecule has 4 rings (SSSR count). The van der Waals surface area contributed by atoms with E-state index >= 15 is 0 Å². The Morgan fingerprint density at radius 1 is 1.00 bits per heavy atom. The lowest BCUT2D eigenvalue weighted by Gasteiger charge is -2.60. The minimum absolute atomic E-state index is 0.0825. The molecule has 0 aromatic carbocycles. The fourth-order valence-electron chi connectivity index (χ4n) is 7.24. The van der Waals surface area contributed by atoms with Gasteiger partial charge in [-0.05, 0) is 73.5 Å². The maximum atomic E-state index is 14.2. The van der Waals surface area contributed by atoms with Crippen molar-refractivity contribution in [3.63, 3.8) is 0 Å². The smallest absolute Gasteiger partial charge is 0.292 e. The molecule has 0 aliphatic heterocycles. The molecule has 4 fully saturated rings. The second-order valence-electron chi connectivity index (χ2n) is 9.73. The first-order valence-corrected chi connectivity index (χ1v) is 9.61. The third-order valence-electron chi connectivity index (χ3n) is 8.64. The summed E-state index contributed by atoms with van der Waals surface area (Å²) in [4.78, 5) is 12.3. The quantitative estimate of drug-likeness (QED) is 0.576. The predicted octanol–water partition coefficient (Wildman–Crippen LogP) is 5.48. The highest BCUT2D eigenvalue weighted by Gasteiger charge is 2.67. The number of carbonyl (C=O) groups excluding carboxylic acids is 1. The molecule has 0 spiro atoms. The standard InChI is InChI=1S/C20H30F2O/c1-12-6-8-18(2)13(10-12)4-5-14-15(18)7-9-19(3)16(14)11-20(21,22)17(19)23/h12-16H,4-11H2,1-3H3/t12?,13?,14-,15-,16+,18+,19+/m1/s1. The Morgan fingerprint density at radius 3 is 2.48 bits per heavy atom. The van der Waals surface area contributed by atoms with E-state index in [9.17, 15) is 13.6 Å². The lowest BCUT2D eigenvalue weighted by molar-refractivity contribution is -0.149. The van der Waals surface area contributed by atoms with Crippen LogP contribution in [0, 0.1) is 40.4 Å². The highest BCUT2D eigenvalue weighted by molar-refractivity contribution is 5.93. The zero-order chi connectivity index (χ0) is 16.6. The fourth-order valence-corrected chi connectivity index (χ4v) is 7.24. The number of hydrogen-bond donors (Lipinski definition) is 0. The summed E-state index contributed by atoms with van der Waals surface area (Å²) in [5.74, 6) is -1.41. The SMILES string of the molecule is CC1CC[C@@]2(C)C(CC[C@@H]3[C@H]2CC[C@]2(C)C(=O)C(F)(F)C[C@@H]32)C1. The minimum Gasteiger partial charge on any atom is -0.292 e. The lowest BCUT2D eigenvalue weighted by Crippen LogP contribution is -2.53. The Kier molecular flexibility index (Phi) is 3.34. The molecule has 130 valence electrons. The van der Waals surface area contributed by atoms with Gasteiger partial charge in [0.15, 0.2) is 0 Å². The van der Waals surface area contributed by atoms with Gasteiger partial charge in [0.2, 0.25) is 5.78 Å². The van der Waals surface area contributed by atoms with Crippen molar-refractivity contribution in [3.8, 4) is 0 Å². The molecule has 0 saturated heterocycles. The molecule has 7 atom stereocenters. The molecule has 0 radical (unpaired) electrons. The van der Waals surface area contributed by atoms with Crippen LogP contribution in [0.4, 0.5) is 8.78 Å². The third-order valence-corrected chi connectivity index (χ3v) is 8.64. The maximum Gasteiger partial charge on any atom is 0.306 e. The summed E-state index contributed by atoms with van der Waals surface area (Å²) in [5.41, 5.74) is -0.423. The van der Waals surface area contributed by atoms with Crippen molar-refractivity contribution >= 4 is 5.78 Å². The van der Waals surface area contributed by atoms with Gasteiger partial charge in [-0.25, -0.2) is 0 Å². The average molecular weight is 324 g/mol. The van der Waals surface area contributed by atoms with Crippen LogP contribution in [0.2, 0.25) is 0 Å². The van der Waals surface area contributed by atoms with Crippen LogP contribution < -0.4 is 0 Å². The van der Waals surface area contributed by atoms with Crippen LogP contribution in [0.3, 0.4) is 0 Å². The molecule has 4 aliphatic carbocycles. The first-order valence-electron chi connectivity index (χ1n) is 9.61. The van der Waals surface area contributed by atoms with E-state index in [0.717, 1.165) is 24.7 Å². The summed E-state index contributed by atoms with van der Waals surface area (Å²) in [7, 11) is 0. The van der Waals surface area contributed by atoms with E-state index in [1.807, 2.05) is 6.92 Å². The number of hydrogen-bond acceptors (Lipinski definition) is 1. The Morgan fingerprint density at radius 2 is 1.74 bits per heavy atom. The van der Waals surface area contributed by atoms with Crippen LogP contribution in [0.5, 0.6) is 0 Å². The number of Topliss-reactive ketones (excluding diaryl/α,β-unsaturated/α-hetero) is 1. The van der Waals surface area contributed by atoms with Crippen LogP contribution in [0.25, 0.3) is 0 Å². The second kappa shape index (κ2) is 4.79. The van der Waals surface area contributed by atoms with Gasteiger partial charge in [0.25, 0.3) is 0 Å². The van der Waals surface area contributed by atoms with Gasteiger partial charge in [-0.1, -0.05) is 27.2 Å². The Labute approximate surface area is 138 Å². The average Bonchev–Trinajstić information content (AvgIpc) is 2.68. The number of carbonyl (C=O) groups is 1. The van der Waals surface area contributed by atoms with Crippen molar-refractivity contribution in [1.82, 2.24) is 0 Å². The molecule has 0 amide bonds. The van der Waals surface area contributed by atoms with Crippen molar-refractivity contribution < 1.29 is 13.6 Å². The monoisotopic (exact) mass is 324 g/mol. The molecule has 2 unspecified atom stereocenters. The van der Waals surface area contributed by atoms with Crippen LogP contribution in [-0.2, 0) is 4.79 Å². The first-order chi connectivity index (χ1) is 10.7. The normalized spacial score (nSPS) is 55.0. The van der Waals surface area contributed by atoms with Crippen LogP contribution in [0.15, 0.2) is 0 Å². The summed E-state index contributed by atoms with van der Waals surface area (Å²) in [6.07, 6.45) is 7.61. The molecular weight excluding hydrogens is 294 g/mol. The van der Waals surface area contributed by atoms with Gasteiger partial charge >= 0.3 is 5.92 Å². The molecule has 4 aliphatic rings. The molecule has 23 heavy (non-hydrogen) atoms. The van der Waals surface area contributed by atoms with Crippen LogP contribution in [0.1, 0.15) is 72.1 Å². The van der Waals surface area contributed by atoms with E-state index in [1.165, 1.54) is 25.7 Å². The summed E-state index contributed by atoms with van der Waals surface area (Å²) >= 11 is 0. The van der Waals surface area contributed by atoms with Gasteiger partial charge in [0.1, 0.15) is 0 Å². The van der Waals surface area contributed by atoms with Gasteiger partial charge in [-0.3, -0.25) is 4.79 Å². The van der Waals surface area contributed by atoms with E-state index in [-0.39, 0.29) is 12.3 Å². The Bertz CT molecular complexity index is 530. The van der Waals surface area contributed by atoms with Gasteiger partial charge in [0.05, 0.1) is 0 Å². The molecule has 0 bridgehead atoms. The van der Waals surface area contributed by atoms with Gasteiger partial charge in [0, 0.05) is 11.8 Å². The van der Waals surface area contributed by atoms with E-state index in [4.69, 9.17) is 0 Å². The predicted molar refractivity (Wildman–Crippen MR) is 86.2 cm³/mol. The first kappa shape index (κ1) is 16.0. The van der Waals surface area contributed by atoms with Crippen LogP contribution in [-0.4, -0.2) is 11.7 Å². The number of rotatable bonds is 0. The summed E-state index contributed by atoms with van der Waals surface area (Å²) in [5, 5.41) is 0. The highest BCUT2D eigenvalue weighted by atomic mass is 19.3. The molecule has 0 N–H and O–H groups in total. The van der Waals surface area contributed by atoms with E-state index in [1.54, 1.807) is 0 Å². The molecule has 0 aromatic heterocycles. The zero-order valence-electron chi connectivity index (χ0n) is 14.7. The van der Waals surface area contributed by atoms with Gasteiger partial charge < -0.3 is 0 Å². The molecule has 1 nitrogen and oxygen atoms in total. The second-order valence-corrected chi connectivity index (χ2v) is 9.73. The van der Waals surface area contributed by atoms with Crippen molar-refractivity contribution in [1.29, 1.82) is 0 Å². The molecule has 0 aromatic rings. The fraction of sp³-hybridized carbons (Fsp3) is 0.950. The van der Waals surface area contributed by atoms with Crippen molar-refractivity contribution in [2.45, 2.75) is 78.1 Å². The lowest BCUT2D eigenvalue weighted by atomic mass is 9.45.